The number of thiophene rings is 1. The topological polar surface area (TPSA) is 66.5 Å². The molecular formula is C17H19FN2O3S2. The van der Waals surface area contributed by atoms with Crippen LogP contribution < -0.4 is 5.32 Å². The Morgan fingerprint density at radius 3 is 2.88 bits per heavy atom. The van der Waals surface area contributed by atoms with Gasteiger partial charge < -0.3 is 5.32 Å². The fourth-order valence-corrected chi connectivity index (χ4v) is 5.56. The third-order valence-corrected chi connectivity index (χ3v) is 7.44. The summed E-state index contributed by atoms with van der Waals surface area (Å²) >= 11 is 1.18. The summed E-state index contributed by atoms with van der Waals surface area (Å²) in [6.07, 6.45) is 1.29. The zero-order valence-electron chi connectivity index (χ0n) is 13.5. The molecule has 3 rings (SSSR count). The van der Waals surface area contributed by atoms with Gasteiger partial charge in [0.1, 0.15) is 10.0 Å². The van der Waals surface area contributed by atoms with Gasteiger partial charge in [-0.2, -0.15) is 4.31 Å². The van der Waals surface area contributed by atoms with E-state index in [4.69, 9.17) is 0 Å². The van der Waals surface area contributed by atoms with Gasteiger partial charge in [0.25, 0.3) is 10.0 Å². The molecule has 1 N–H and O–H groups in total. The first kappa shape index (κ1) is 18.0. The first-order chi connectivity index (χ1) is 12.0. The van der Waals surface area contributed by atoms with Crippen LogP contribution in [0.1, 0.15) is 18.4 Å². The van der Waals surface area contributed by atoms with Crippen LogP contribution in [-0.4, -0.2) is 31.7 Å². The molecule has 1 saturated heterocycles. The molecule has 0 radical (unpaired) electrons. The molecule has 25 heavy (non-hydrogen) atoms. The molecule has 1 amide bonds. The standard InChI is InChI=1S/C17H19FN2O3S2/c18-15-6-1-4-13(10-15)11-19-17(21)14-5-2-8-20(12-14)25(22,23)16-7-3-9-24-16/h1,3-4,6-7,9-10,14H,2,5,8,11-12H2,(H,19,21). The van der Waals surface area contributed by atoms with Crippen LogP contribution >= 0.6 is 11.3 Å². The smallest absolute Gasteiger partial charge is 0.252 e. The molecule has 0 aliphatic carbocycles. The molecule has 2 aromatic rings. The van der Waals surface area contributed by atoms with Crippen molar-refractivity contribution >= 4 is 27.3 Å². The lowest BCUT2D eigenvalue weighted by Crippen LogP contribution is -2.45. The van der Waals surface area contributed by atoms with Crippen molar-refractivity contribution < 1.29 is 17.6 Å². The van der Waals surface area contributed by atoms with Crippen molar-refractivity contribution in [3.05, 3.63) is 53.2 Å². The zero-order valence-corrected chi connectivity index (χ0v) is 15.2. The average Bonchev–Trinajstić information content (AvgIpc) is 3.15. The maximum atomic E-state index is 13.2. The molecule has 1 aliphatic heterocycles. The zero-order chi connectivity index (χ0) is 17.9. The fourth-order valence-electron chi connectivity index (χ4n) is 2.89. The van der Waals surface area contributed by atoms with Gasteiger partial charge >= 0.3 is 0 Å². The number of carbonyl (C=O) groups excluding carboxylic acids is 1. The van der Waals surface area contributed by atoms with Gasteiger partial charge in [-0.05, 0) is 42.0 Å². The molecule has 1 aromatic carbocycles. The maximum Gasteiger partial charge on any atom is 0.252 e. The van der Waals surface area contributed by atoms with E-state index in [0.717, 1.165) is 0 Å². The number of nitrogens with one attached hydrogen (secondary N) is 1. The van der Waals surface area contributed by atoms with Gasteiger partial charge in [-0.25, -0.2) is 12.8 Å². The van der Waals surface area contributed by atoms with Crippen LogP contribution in [0.25, 0.3) is 0 Å². The first-order valence-electron chi connectivity index (χ1n) is 8.02. The molecule has 1 aliphatic rings. The van der Waals surface area contributed by atoms with E-state index in [1.54, 1.807) is 29.6 Å². The second kappa shape index (κ2) is 7.63. The number of hydrogen-bond acceptors (Lipinski definition) is 4. The summed E-state index contributed by atoms with van der Waals surface area (Å²) in [5, 5.41) is 4.50. The van der Waals surface area contributed by atoms with Crippen molar-refractivity contribution in [1.29, 1.82) is 0 Å². The lowest BCUT2D eigenvalue weighted by molar-refractivity contribution is -0.126. The number of carbonyl (C=O) groups is 1. The quantitative estimate of drug-likeness (QED) is 0.864. The highest BCUT2D eigenvalue weighted by Gasteiger charge is 2.33. The van der Waals surface area contributed by atoms with Gasteiger partial charge in [-0.15, -0.1) is 11.3 Å². The average molecular weight is 382 g/mol. The SMILES string of the molecule is O=C(NCc1cccc(F)c1)C1CCCN(S(=O)(=O)c2cccs2)C1. The normalized spacial score (nSPS) is 18.8. The number of rotatable bonds is 5. The third-order valence-electron chi connectivity index (χ3n) is 4.20. The van der Waals surface area contributed by atoms with Crippen molar-refractivity contribution in [1.82, 2.24) is 9.62 Å². The number of sulfonamides is 1. The molecule has 1 atom stereocenters. The minimum absolute atomic E-state index is 0.176. The fraction of sp³-hybridized carbons (Fsp3) is 0.353. The largest absolute Gasteiger partial charge is 0.352 e. The minimum Gasteiger partial charge on any atom is -0.352 e. The van der Waals surface area contributed by atoms with E-state index in [2.05, 4.69) is 5.32 Å². The Morgan fingerprint density at radius 1 is 1.32 bits per heavy atom. The number of amides is 1. The summed E-state index contributed by atoms with van der Waals surface area (Å²) in [6, 6.07) is 9.32. The van der Waals surface area contributed by atoms with Crippen LogP contribution in [-0.2, 0) is 21.4 Å². The van der Waals surface area contributed by atoms with Gasteiger partial charge in [0.2, 0.25) is 5.91 Å². The van der Waals surface area contributed by atoms with E-state index in [1.807, 2.05) is 0 Å². The van der Waals surface area contributed by atoms with Gasteiger partial charge in [0.15, 0.2) is 0 Å². The van der Waals surface area contributed by atoms with E-state index in [-0.39, 0.29) is 24.8 Å². The Kier molecular flexibility index (Phi) is 5.51. The van der Waals surface area contributed by atoms with Crippen molar-refractivity contribution in [3.8, 4) is 0 Å². The molecular weight excluding hydrogens is 363 g/mol. The van der Waals surface area contributed by atoms with Gasteiger partial charge in [0.05, 0.1) is 5.92 Å². The van der Waals surface area contributed by atoms with Crippen LogP contribution in [0, 0.1) is 11.7 Å². The Morgan fingerprint density at radius 2 is 2.16 bits per heavy atom. The molecule has 0 saturated carbocycles. The lowest BCUT2D eigenvalue weighted by Gasteiger charge is -2.30. The van der Waals surface area contributed by atoms with Crippen LogP contribution in [0.3, 0.4) is 0 Å². The van der Waals surface area contributed by atoms with Gasteiger partial charge in [-0.3, -0.25) is 4.79 Å². The molecule has 8 heteroatoms. The Balaban J connectivity index is 1.62. The van der Waals surface area contributed by atoms with Crippen molar-refractivity contribution in [2.24, 2.45) is 5.92 Å². The third kappa shape index (κ3) is 4.26. The highest BCUT2D eigenvalue weighted by molar-refractivity contribution is 7.91. The van der Waals surface area contributed by atoms with Gasteiger partial charge in [-0.1, -0.05) is 18.2 Å². The monoisotopic (exact) mass is 382 g/mol. The Hall–Kier alpha value is -1.77. The number of nitrogens with zero attached hydrogens (tertiary/aromatic N) is 1. The Labute approximate surface area is 150 Å². The molecule has 0 spiro atoms. The summed E-state index contributed by atoms with van der Waals surface area (Å²) in [7, 11) is -3.54. The number of piperidine rings is 1. The van der Waals surface area contributed by atoms with E-state index >= 15 is 0 Å². The molecule has 2 heterocycles. The van der Waals surface area contributed by atoms with Crippen LogP contribution in [0.4, 0.5) is 4.39 Å². The summed E-state index contributed by atoms with van der Waals surface area (Å²) in [5.74, 6) is -0.940. The first-order valence-corrected chi connectivity index (χ1v) is 10.3. The van der Waals surface area contributed by atoms with E-state index in [1.165, 1.54) is 27.8 Å². The molecule has 134 valence electrons. The van der Waals surface area contributed by atoms with Crippen molar-refractivity contribution in [2.75, 3.05) is 13.1 Å². The maximum absolute atomic E-state index is 13.2. The molecule has 0 bridgehead atoms. The highest BCUT2D eigenvalue weighted by Crippen LogP contribution is 2.26. The summed E-state index contributed by atoms with van der Waals surface area (Å²) < 4.78 is 40.1. The molecule has 1 aromatic heterocycles. The minimum atomic E-state index is -3.54. The predicted octanol–water partition coefficient (Wildman–Crippen LogP) is 2.60. The molecule has 1 unspecified atom stereocenters. The van der Waals surface area contributed by atoms with Crippen LogP contribution in [0.15, 0.2) is 46.0 Å². The summed E-state index contributed by atoms with van der Waals surface area (Å²) in [6.45, 7) is 0.827. The predicted molar refractivity (Wildman–Crippen MR) is 94.0 cm³/mol. The van der Waals surface area contributed by atoms with Crippen LogP contribution in [0.2, 0.25) is 0 Å². The summed E-state index contributed by atoms with van der Waals surface area (Å²) in [5.41, 5.74) is 0.673. The second-order valence-corrected chi connectivity index (χ2v) is 9.09. The second-order valence-electron chi connectivity index (χ2n) is 5.98. The van der Waals surface area contributed by atoms with E-state index in [0.29, 0.717) is 29.2 Å². The van der Waals surface area contributed by atoms with Crippen molar-refractivity contribution in [2.45, 2.75) is 23.6 Å². The number of benzene rings is 1. The summed E-state index contributed by atoms with van der Waals surface area (Å²) in [4.78, 5) is 12.4. The molecule has 5 nitrogen and oxygen atoms in total. The molecule has 1 fully saturated rings. The van der Waals surface area contributed by atoms with Crippen molar-refractivity contribution in [3.63, 3.8) is 0 Å². The van der Waals surface area contributed by atoms with Gasteiger partial charge in [0, 0.05) is 19.6 Å². The van der Waals surface area contributed by atoms with E-state index < -0.39 is 15.9 Å². The van der Waals surface area contributed by atoms with Crippen LogP contribution in [0.5, 0.6) is 0 Å². The Bertz CT molecular complexity index is 837. The lowest BCUT2D eigenvalue weighted by atomic mass is 9.99. The van der Waals surface area contributed by atoms with E-state index in [9.17, 15) is 17.6 Å². The number of hydrogen-bond donors (Lipinski definition) is 1. The number of halogens is 1. The highest BCUT2D eigenvalue weighted by atomic mass is 32.2.